The summed E-state index contributed by atoms with van der Waals surface area (Å²) in [4.78, 5) is 31.2. The maximum absolute atomic E-state index is 12.9. The van der Waals surface area contributed by atoms with Gasteiger partial charge in [-0.05, 0) is 57.3 Å². The number of aromatic nitrogens is 1. The van der Waals surface area contributed by atoms with Gasteiger partial charge in [0.1, 0.15) is 0 Å². The van der Waals surface area contributed by atoms with E-state index >= 15 is 0 Å². The maximum atomic E-state index is 12.9. The number of ether oxygens (including phenoxy) is 1. The molecule has 6 heteroatoms. The topological polar surface area (TPSA) is 62.4 Å². The van der Waals surface area contributed by atoms with Crippen molar-refractivity contribution in [1.29, 1.82) is 0 Å². The lowest BCUT2D eigenvalue weighted by molar-refractivity contribution is 0.0599. The molecule has 0 saturated carbocycles. The van der Waals surface area contributed by atoms with Crippen LogP contribution >= 0.6 is 11.8 Å². The van der Waals surface area contributed by atoms with Gasteiger partial charge in [0.2, 0.25) is 0 Å². The first kappa shape index (κ1) is 20.3. The highest BCUT2D eigenvalue weighted by molar-refractivity contribution is 7.98. The number of methoxy groups -OCH3 is 1. The Morgan fingerprint density at radius 1 is 1.23 bits per heavy atom. The van der Waals surface area contributed by atoms with E-state index in [0.717, 1.165) is 5.56 Å². The Balaban J connectivity index is 2.16. The van der Waals surface area contributed by atoms with Crippen LogP contribution in [0.25, 0.3) is 0 Å². The second-order valence-electron chi connectivity index (χ2n) is 6.42. The molecule has 0 bridgehead atoms. The van der Waals surface area contributed by atoms with Crippen molar-refractivity contribution in [2.24, 2.45) is 0 Å². The van der Waals surface area contributed by atoms with Gasteiger partial charge >= 0.3 is 5.97 Å². The lowest BCUT2D eigenvalue weighted by Gasteiger charge is -2.23. The fraction of sp³-hybridized carbons (Fsp3) is 0.400. The Hall–Kier alpha value is -2.05. The van der Waals surface area contributed by atoms with Crippen molar-refractivity contribution in [2.75, 3.05) is 20.4 Å². The van der Waals surface area contributed by atoms with Gasteiger partial charge in [0, 0.05) is 17.1 Å². The molecule has 1 aromatic heterocycles. The summed E-state index contributed by atoms with van der Waals surface area (Å²) in [6.07, 6.45) is 2.05. The summed E-state index contributed by atoms with van der Waals surface area (Å²) in [5, 5.41) is 0. The van der Waals surface area contributed by atoms with Crippen molar-refractivity contribution in [1.82, 2.24) is 9.88 Å². The zero-order chi connectivity index (χ0) is 19.4. The molecule has 1 N–H and O–H groups in total. The minimum atomic E-state index is -0.426. The van der Waals surface area contributed by atoms with Crippen LogP contribution in [0.5, 0.6) is 0 Å². The van der Waals surface area contributed by atoms with Gasteiger partial charge in [0.05, 0.1) is 24.4 Å². The number of hydrogen-bond acceptors (Lipinski definition) is 5. The number of H-pyrrole nitrogens is 1. The summed E-state index contributed by atoms with van der Waals surface area (Å²) in [5.74, 6) is -0.464. The van der Waals surface area contributed by atoms with Crippen molar-refractivity contribution in [3.63, 3.8) is 0 Å². The van der Waals surface area contributed by atoms with Crippen molar-refractivity contribution in [3.05, 3.63) is 52.3 Å². The summed E-state index contributed by atoms with van der Waals surface area (Å²) in [7, 11) is 3.27. The van der Waals surface area contributed by atoms with Gasteiger partial charge in [-0.2, -0.15) is 0 Å². The van der Waals surface area contributed by atoms with Gasteiger partial charge in [-0.1, -0.05) is 12.1 Å². The molecular formula is C20H26N2O3S. The van der Waals surface area contributed by atoms with Crippen molar-refractivity contribution < 1.29 is 14.3 Å². The fourth-order valence-electron chi connectivity index (χ4n) is 2.97. The third kappa shape index (κ3) is 4.19. The molecule has 26 heavy (non-hydrogen) atoms. The Kier molecular flexibility index (Phi) is 6.67. The number of hydrogen-bond donors (Lipinski definition) is 1. The molecule has 0 unspecified atom stereocenters. The van der Waals surface area contributed by atoms with Crippen LogP contribution in [-0.2, 0) is 11.3 Å². The predicted molar refractivity (Wildman–Crippen MR) is 105 cm³/mol. The predicted octanol–water partition coefficient (Wildman–Crippen LogP) is 3.84. The highest BCUT2D eigenvalue weighted by Gasteiger charge is 2.27. The Morgan fingerprint density at radius 2 is 1.85 bits per heavy atom. The molecule has 2 aromatic rings. The highest BCUT2D eigenvalue weighted by atomic mass is 32.2. The van der Waals surface area contributed by atoms with Crippen LogP contribution in [0.1, 0.15) is 44.6 Å². The summed E-state index contributed by atoms with van der Waals surface area (Å²) in [6, 6.07) is 8.01. The Morgan fingerprint density at radius 3 is 2.38 bits per heavy atom. The smallest absolute Gasteiger partial charge is 0.339 e. The van der Waals surface area contributed by atoms with Crippen LogP contribution in [0.2, 0.25) is 0 Å². The number of Topliss-reactive ketones (excluding diaryl/α,β-unsaturated/α-hetero) is 1. The van der Waals surface area contributed by atoms with Gasteiger partial charge < -0.3 is 9.72 Å². The summed E-state index contributed by atoms with van der Waals surface area (Å²) >= 11 is 1.70. The molecule has 0 aliphatic carbocycles. The molecule has 0 radical (unpaired) electrons. The zero-order valence-electron chi connectivity index (χ0n) is 16.2. The Labute approximate surface area is 159 Å². The first-order chi connectivity index (χ1) is 12.3. The van der Waals surface area contributed by atoms with Gasteiger partial charge in [0.15, 0.2) is 5.78 Å². The minimum absolute atomic E-state index is 0.0380. The number of rotatable bonds is 7. The number of nitrogens with one attached hydrogen (secondary N) is 1. The van der Waals surface area contributed by atoms with E-state index in [-0.39, 0.29) is 11.8 Å². The van der Waals surface area contributed by atoms with Crippen LogP contribution in [0.15, 0.2) is 29.2 Å². The van der Waals surface area contributed by atoms with E-state index in [4.69, 9.17) is 4.74 Å². The van der Waals surface area contributed by atoms with E-state index in [2.05, 4.69) is 29.2 Å². The molecule has 2 rings (SSSR count). The normalized spacial score (nSPS) is 12.3. The monoisotopic (exact) mass is 374 g/mol. The lowest BCUT2D eigenvalue weighted by Crippen LogP contribution is -2.36. The van der Waals surface area contributed by atoms with Crippen LogP contribution < -0.4 is 0 Å². The molecule has 140 valence electrons. The van der Waals surface area contributed by atoms with E-state index in [1.807, 2.05) is 25.1 Å². The second-order valence-corrected chi connectivity index (χ2v) is 7.30. The van der Waals surface area contributed by atoms with Crippen molar-refractivity contribution in [2.45, 2.75) is 38.3 Å². The summed E-state index contributed by atoms with van der Waals surface area (Å²) < 4.78 is 4.81. The minimum Gasteiger partial charge on any atom is -0.465 e. The molecule has 0 amide bonds. The first-order valence-electron chi connectivity index (χ1n) is 8.45. The zero-order valence-corrected chi connectivity index (χ0v) is 17.0. The van der Waals surface area contributed by atoms with Crippen LogP contribution in [-0.4, -0.2) is 48.1 Å². The Bertz CT molecular complexity index is 796. The van der Waals surface area contributed by atoms with Gasteiger partial charge in [-0.3, -0.25) is 9.69 Å². The molecular weight excluding hydrogens is 348 g/mol. The van der Waals surface area contributed by atoms with Crippen LogP contribution in [0.3, 0.4) is 0 Å². The van der Waals surface area contributed by atoms with E-state index in [1.54, 1.807) is 25.6 Å². The number of likely N-dealkylation sites (N-methyl/N-ethyl adjacent to an activating group) is 1. The average Bonchev–Trinajstić information content (AvgIpc) is 2.94. The van der Waals surface area contributed by atoms with Gasteiger partial charge in [0.25, 0.3) is 0 Å². The highest BCUT2D eigenvalue weighted by Crippen LogP contribution is 2.22. The molecule has 1 heterocycles. The molecule has 0 spiro atoms. The quantitative estimate of drug-likeness (QED) is 0.453. The summed E-state index contributed by atoms with van der Waals surface area (Å²) in [5.41, 5.74) is 3.36. The lowest BCUT2D eigenvalue weighted by atomic mass is 10.0. The number of esters is 1. The van der Waals surface area contributed by atoms with Gasteiger partial charge in [-0.15, -0.1) is 11.8 Å². The van der Waals surface area contributed by atoms with Gasteiger partial charge in [-0.25, -0.2) is 4.79 Å². The molecule has 0 aliphatic heterocycles. The number of aromatic amines is 1. The van der Waals surface area contributed by atoms with Crippen molar-refractivity contribution >= 4 is 23.5 Å². The van der Waals surface area contributed by atoms with E-state index in [0.29, 0.717) is 29.1 Å². The number of carbonyl (C=O) groups excluding carboxylic acids is 2. The number of benzene rings is 1. The van der Waals surface area contributed by atoms with E-state index in [1.165, 1.54) is 12.0 Å². The second kappa shape index (κ2) is 8.56. The third-order valence-corrected chi connectivity index (χ3v) is 5.45. The van der Waals surface area contributed by atoms with Crippen LogP contribution in [0.4, 0.5) is 0 Å². The number of aryl methyl sites for hydroxylation is 1. The molecule has 1 aromatic carbocycles. The fourth-order valence-corrected chi connectivity index (χ4v) is 3.38. The van der Waals surface area contributed by atoms with Crippen molar-refractivity contribution in [3.8, 4) is 0 Å². The molecule has 0 aliphatic rings. The first-order valence-corrected chi connectivity index (χ1v) is 9.67. The number of nitrogens with zero attached hydrogens (tertiary/aromatic N) is 1. The molecule has 0 fully saturated rings. The number of thioether (sulfide) groups is 1. The van der Waals surface area contributed by atoms with Crippen LogP contribution in [0, 0.1) is 13.8 Å². The molecule has 1 atom stereocenters. The standard InChI is InChI=1S/C20H26N2O3S/c1-12-17(20(24)25-5)13(2)21-18(12)19(23)14(3)22(4)11-15-7-9-16(26-6)10-8-15/h7-10,14,21H,11H2,1-6H3/t14-/m0/s1. The molecule has 5 nitrogen and oxygen atoms in total. The SMILES string of the molecule is COC(=O)c1c(C)[nH]c(C(=O)[C@H](C)N(C)Cc2ccc(SC)cc2)c1C. The maximum Gasteiger partial charge on any atom is 0.339 e. The summed E-state index contributed by atoms with van der Waals surface area (Å²) in [6.45, 7) is 6.10. The average molecular weight is 375 g/mol. The largest absolute Gasteiger partial charge is 0.465 e. The number of ketones is 1. The third-order valence-electron chi connectivity index (χ3n) is 4.71. The molecule has 0 saturated heterocycles. The van der Waals surface area contributed by atoms with E-state index in [9.17, 15) is 9.59 Å². The van der Waals surface area contributed by atoms with E-state index < -0.39 is 5.97 Å². The number of carbonyl (C=O) groups is 2.